The molecule has 3 aliphatic heterocycles. The van der Waals surface area contributed by atoms with Crippen molar-refractivity contribution in [1.29, 1.82) is 0 Å². The summed E-state index contributed by atoms with van der Waals surface area (Å²) in [5, 5.41) is 10.1. The fourth-order valence-corrected chi connectivity index (χ4v) is 6.14. The monoisotopic (exact) mass is 531 g/mol. The largest absolute Gasteiger partial charge is 0.494 e. The first kappa shape index (κ1) is 25.6. The molecule has 4 heterocycles. The maximum absolute atomic E-state index is 13.3. The number of carbonyl (C=O) groups is 3. The number of ether oxygens (including phenoxy) is 2. The number of ketones is 1. The Kier molecular flexibility index (Phi) is 6.86. The summed E-state index contributed by atoms with van der Waals surface area (Å²) in [4.78, 5) is 40.9. The van der Waals surface area contributed by atoms with Crippen molar-refractivity contribution < 1.29 is 29.0 Å². The highest BCUT2D eigenvalue weighted by atomic mass is 16.5. The number of hydrogen-bond acceptors (Lipinski definition) is 6. The van der Waals surface area contributed by atoms with Gasteiger partial charge in [-0.3, -0.25) is 14.5 Å². The zero-order valence-corrected chi connectivity index (χ0v) is 22.1. The number of benzene rings is 2. The number of aromatic nitrogens is 1. The Morgan fingerprint density at radius 1 is 1.10 bits per heavy atom. The van der Waals surface area contributed by atoms with E-state index in [-0.39, 0.29) is 17.7 Å². The van der Waals surface area contributed by atoms with Gasteiger partial charge in [-0.2, -0.15) is 0 Å². The molecule has 9 heteroatoms. The van der Waals surface area contributed by atoms with Crippen LogP contribution in [-0.2, 0) is 22.6 Å². The third kappa shape index (κ3) is 4.70. The van der Waals surface area contributed by atoms with Gasteiger partial charge in [0.2, 0.25) is 5.91 Å². The van der Waals surface area contributed by atoms with Gasteiger partial charge in [-0.05, 0) is 54.5 Å². The van der Waals surface area contributed by atoms with Gasteiger partial charge < -0.3 is 24.0 Å². The molecule has 3 aromatic rings. The number of hydrogen-bond donors (Lipinski definition) is 1. The predicted molar refractivity (Wildman–Crippen MR) is 144 cm³/mol. The van der Waals surface area contributed by atoms with Crippen LogP contribution in [0.25, 0.3) is 10.9 Å². The summed E-state index contributed by atoms with van der Waals surface area (Å²) in [6.07, 6.45) is 3.12. The second kappa shape index (κ2) is 10.5. The smallest absolute Gasteiger partial charge is 0.326 e. The van der Waals surface area contributed by atoms with E-state index in [2.05, 4.69) is 4.57 Å². The number of amides is 3. The molecule has 1 N–H and O–H groups in total. The number of imide groups is 1. The quantitative estimate of drug-likeness (QED) is 0.446. The van der Waals surface area contributed by atoms with Crippen LogP contribution in [0.4, 0.5) is 4.79 Å². The van der Waals surface area contributed by atoms with Crippen molar-refractivity contribution in [3.8, 4) is 5.75 Å². The Morgan fingerprint density at radius 2 is 1.87 bits per heavy atom. The Bertz CT molecular complexity index is 1420. The third-order valence-corrected chi connectivity index (χ3v) is 8.36. The summed E-state index contributed by atoms with van der Waals surface area (Å²) in [6.45, 7) is 3.05. The standard InChI is InChI=1S/C30H33N3O6/c1-31-29(36)24-16-32(30(31)37)17-26-28(24)23-14-22(39-13-10-19-8-11-38-12-9-19)6-7-25(23)33(26)15-20-2-4-21(5-3-20)27(35)18-34/h2-7,14,19,24,34H,8-13,15-18H2,1H3/t24-/m1/s1. The number of urea groups is 1. The lowest BCUT2D eigenvalue weighted by Crippen LogP contribution is -2.56. The number of fused-ring (bicyclic) bond motifs is 6. The van der Waals surface area contributed by atoms with Gasteiger partial charge in [0.1, 0.15) is 12.4 Å². The van der Waals surface area contributed by atoms with Crippen molar-refractivity contribution in [3.05, 3.63) is 64.8 Å². The molecule has 3 amide bonds. The molecule has 0 aliphatic carbocycles. The molecule has 0 unspecified atom stereocenters. The molecule has 2 saturated heterocycles. The van der Waals surface area contributed by atoms with Gasteiger partial charge in [-0.15, -0.1) is 0 Å². The molecule has 0 radical (unpaired) electrons. The minimum absolute atomic E-state index is 0.186. The van der Waals surface area contributed by atoms with Crippen molar-refractivity contribution in [2.75, 3.05) is 40.0 Å². The van der Waals surface area contributed by atoms with Crippen LogP contribution in [0.1, 0.15) is 52.4 Å². The first-order valence-electron chi connectivity index (χ1n) is 13.6. The highest BCUT2D eigenvalue weighted by molar-refractivity contribution is 6.04. The molecular weight excluding hydrogens is 498 g/mol. The van der Waals surface area contributed by atoms with Crippen LogP contribution in [-0.4, -0.2) is 77.2 Å². The first-order valence-corrected chi connectivity index (χ1v) is 13.6. The Balaban J connectivity index is 1.35. The van der Waals surface area contributed by atoms with E-state index < -0.39 is 12.5 Å². The van der Waals surface area contributed by atoms with E-state index in [1.54, 1.807) is 24.1 Å². The number of nitrogens with zero attached hydrogens (tertiary/aromatic N) is 3. The second-order valence-corrected chi connectivity index (χ2v) is 10.7. The topological polar surface area (TPSA) is 101 Å². The summed E-state index contributed by atoms with van der Waals surface area (Å²) < 4.78 is 13.8. The highest BCUT2D eigenvalue weighted by Crippen LogP contribution is 2.42. The summed E-state index contributed by atoms with van der Waals surface area (Å²) in [5.74, 6) is 0.457. The van der Waals surface area contributed by atoms with E-state index in [0.717, 1.165) is 65.9 Å². The SMILES string of the molecule is CN1C(=O)[C@@H]2CN(Cc3c2c2cc(OCCC4CCOCC4)ccc2n3Cc2ccc(C(=O)CO)cc2)C1=O. The Labute approximate surface area is 226 Å². The maximum Gasteiger partial charge on any atom is 0.326 e. The molecule has 1 aromatic heterocycles. The van der Waals surface area contributed by atoms with Crippen molar-refractivity contribution in [1.82, 2.24) is 14.4 Å². The van der Waals surface area contributed by atoms with E-state index in [4.69, 9.17) is 14.6 Å². The maximum atomic E-state index is 13.3. The van der Waals surface area contributed by atoms with Crippen LogP contribution in [0.2, 0.25) is 0 Å². The number of rotatable bonds is 8. The van der Waals surface area contributed by atoms with Gasteiger partial charge in [-0.25, -0.2) is 4.79 Å². The number of Topliss-reactive ketones (excluding diaryl/α,β-unsaturated/α-hetero) is 1. The van der Waals surface area contributed by atoms with E-state index in [1.807, 2.05) is 30.3 Å². The molecule has 0 spiro atoms. The van der Waals surface area contributed by atoms with E-state index in [9.17, 15) is 14.4 Å². The molecule has 0 saturated carbocycles. The fraction of sp³-hybridized carbons (Fsp3) is 0.433. The zero-order chi connectivity index (χ0) is 27.1. The van der Waals surface area contributed by atoms with Crippen LogP contribution in [0, 0.1) is 5.92 Å². The van der Waals surface area contributed by atoms with Gasteiger partial charge >= 0.3 is 6.03 Å². The average molecular weight is 532 g/mol. The predicted octanol–water partition coefficient (Wildman–Crippen LogP) is 3.55. The molecule has 2 fully saturated rings. The zero-order valence-electron chi connectivity index (χ0n) is 22.1. The molecule has 204 valence electrons. The van der Waals surface area contributed by atoms with Crippen molar-refractivity contribution in [3.63, 3.8) is 0 Å². The third-order valence-electron chi connectivity index (χ3n) is 8.36. The molecule has 9 nitrogen and oxygen atoms in total. The van der Waals surface area contributed by atoms with E-state index in [1.165, 1.54) is 4.90 Å². The van der Waals surface area contributed by atoms with E-state index in [0.29, 0.717) is 37.7 Å². The summed E-state index contributed by atoms with van der Waals surface area (Å²) in [7, 11) is 1.55. The van der Waals surface area contributed by atoms with Crippen LogP contribution in [0.5, 0.6) is 5.75 Å². The van der Waals surface area contributed by atoms with Crippen LogP contribution in [0.15, 0.2) is 42.5 Å². The molecule has 2 bridgehead atoms. The fourth-order valence-electron chi connectivity index (χ4n) is 6.14. The van der Waals surface area contributed by atoms with Gasteiger partial charge in [0.25, 0.3) is 0 Å². The van der Waals surface area contributed by atoms with Crippen molar-refractivity contribution >= 4 is 28.6 Å². The van der Waals surface area contributed by atoms with Crippen molar-refractivity contribution in [2.45, 2.75) is 38.3 Å². The van der Waals surface area contributed by atoms with Gasteiger partial charge in [0.15, 0.2) is 5.78 Å². The molecule has 3 aliphatic rings. The normalized spacial score (nSPS) is 19.5. The Morgan fingerprint density at radius 3 is 2.62 bits per heavy atom. The molecule has 2 aromatic carbocycles. The van der Waals surface area contributed by atoms with Gasteiger partial charge in [-0.1, -0.05) is 24.3 Å². The number of likely N-dealkylation sites (N-methyl/N-ethyl adjacent to an activating group) is 1. The lowest BCUT2D eigenvalue weighted by Gasteiger charge is -2.41. The van der Waals surface area contributed by atoms with Crippen molar-refractivity contribution in [2.24, 2.45) is 5.92 Å². The summed E-state index contributed by atoms with van der Waals surface area (Å²) in [5.41, 5.74) is 4.33. The number of carbonyl (C=O) groups excluding carboxylic acids is 3. The highest BCUT2D eigenvalue weighted by Gasteiger charge is 2.44. The minimum Gasteiger partial charge on any atom is -0.494 e. The average Bonchev–Trinajstić information content (AvgIpc) is 3.27. The lowest BCUT2D eigenvalue weighted by molar-refractivity contribution is -0.132. The number of aliphatic hydroxyl groups excluding tert-OH is 1. The molecule has 1 atom stereocenters. The summed E-state index contributed by atoms with van der Waals surface area (Å²) in [6, 6.07) is 13.0. The second-order valence-electron chi connectivity index (χ2n) is 10.7. The molecular formula is C30H33N3O6. The first-order chi connectivity index (χ1) is 18.9. The summed E-state index contributed by atoms with van der Waals surface area (Å²) >= 11 is 0. The Hall–Kier alpha value is -3.69. The van der Waals surface area contributed by atoms with Gasteiger partial charge in [0.05, 0.1) is 19.1 Å². The lowest BCUT2D eigenvalue weighted by atomic mass is 9.89. The van der Waals surface area contributed by atoms with Crippen LogP contribution in [0.3, 0.4) is 0 Å². The minimum atomic E-state index is -0.526. The van der Waals surface area contributed by atoms with Crippen LogP contribution < -0.4 is 4.74 Å². The van der Waals surface area contributed by atoms with Gasteiger partial charge in [0, 0.05) is 55.5 Å². The number of aliphatic hydroxyl groups is 1. The van der Waals surface area contributed by atoms with Crippen LogP contribution >= 0.6 is 0 Å². The molecule has 6 rings (SSSR count). The van der Waals surface area contributed by atoms with E-state index >= 15 is 0 Å². The molecule has 39 heavy (non-hydrogen) atoms.